The lowest BCUT2D eigenvalue weighted by molar-refractivity contribution is -0.119. The third-order valence-electron chi connectivity index (χ3n) is 3.64. The molecule has 28 heavy (non-hydrogen) atoms. The van der Waals surface area contributed by atoms with Crippen LogP contribution in [0.5, 0.6) is 0 Å². The van der Waals surface area contributed by atoms with Crippen molar-refractivity contribution in [2.75, 3.05) is 11.1 Å². The number of thioether (sulfide) groups is 1. The number of nitrogens with zero attached hydrogens (tertiary/aromatic N) is 2. The first-order valence-electron chi connectivity index (χ1n) is 8.14. The van der Waals surface area contributed by atoms with Crippen molar-refractivity contribution in [1.29, 1.82) is 0 Å². The molecule has 3 rings (SSSR count). The maximum atomic E-state index is 13.8. The van der Waals surface area contributed by atoms with Gasteiger partial charge in [0.15, 0.2) is 4.34 Å². The van der Waals surface area contributed by atoms with Gasteiger partial charge in [0, 0.05) is 17.3 Å². The van der Waals surface area contributed by atoms with Crippen LogP contribution in [0.15, 0.2) is 46.8 Å². The molecule has 1 unspecified atom stereocenters. The van der Waals surface area contributed by atoms with Crippen LogP contribution in [0.25, 0.3) is 0 Å². The monoisotopic (exact) mass is 424 g/mol. The molecule has 146 valence electrons. The molecule has 2 aromatic carbocycles. The summed E-state index contributed by atoms with van der Waals surface area (Å²) < 4.78 is 40.2. The number of hydrogen-bond acceptors (Lipinski definition) is 6. The number of anilines is 2. The summed E-state index contributed by atoms with van der Waals surface area (Å²) in [4.78, 5) is 12.1. The lowest BCUT2D eigenvalue weighted by atomic mass is 10.1. The first-order chi connectivity index (χ1) is 13.4. The van der Waals surface area contributed by atoms with Crippen molar-refractivity contribution in [2.24, 2.45) is 0 Å². The molecule has 2 N–H and O–H groups in total. The first-order valence-corrected chi connectivity index (χ1v) is 9.94. The Bertz CT molecular complexity index is 966. The van der Waals surface area contributed by atoms with E-state index in [-0.39, 0.29) is 23.0 Å². The Balaban J connectivity index is 1.50. The van der Waals surface area contributed by atoms with Crippen LogP contribution in [0.1, 0.15) is 18.5 Å². The average Bonchev–Trinajstić information content (AvgIpc) is 3.09. The third-order valence-corrected chi connectivity index (χ3v) is 5.61. The van der Waals surface area contributed by atoms with E-state index in [1.165, 1.54) is 41.3 Å². The molecule has 0 aliphatic heterocycles. The van der Waals surface area contributed by atoms with Crippen LogP contribution < -0.4 is 10.6 Å². The Labute approximate surface area is 167 Å². The van der Waals surface area contributed by atoms with Gasteiger partial charge in [0.2, 0.25) is 11.0 Å². The molecule has 0 fully saturated rings. The van der Waals surface area contributed by atoms with Crippen LogP contribution >= 0.6 is 23.1 Å². The van der Waals surface area contributed by atoms with Gasteiger partial charge >= 0.3 is 0 Å². The van der Waals surface area contributed by atoms with Crippen molar-refractivity contribution >= 4 is 39.8 Å². The molecule has 0 saturated carbocycles. The lowest BCUT2D eigenvalue weighted by Crippen LogP contribution is -2.28. The molecule has 0 radical (unpaired) electrons. The zero-order chi connectivity index (χ0) is 20.1. The minimum Gasteiger partial charge on any atom is -0.349 e. The van der Waals surface area contributed by atoms with E-state index in [9.17, 15) is 18.0 Å². The zero-order valence-electron chi connectivity index (χ0n) is 14.6. The second-order valence-electron chi connectivity index (χ2n) is 5.75. The molecule has 0 aliphatic carbocycles. The normalized spacial score (nSPS) is 11.9. The molecule has 0 aliphatic rings. The van der Waals surface area contributed by atoms with E-state index in [1.807, 2.05) is 0 Å². The molecule has 1 aromatic heterocycles. The first kappa shape index (κ1) is 20.2. The Morgan fingerprint density at radius 3 is 2.54 bits per heavy atom. The predicted molar refractivity (Wildman–Crippen MR) is 103 cm³/mol. The fourth-order valence-electron chi connectivity index (χ4n) is 2.32. The number of rotatable bonds is 7. The molecule has 0 saturated heterocycles. The van der Waals surface area contributed by atoms with Gasteiger partial charge in [-0.2, -0.15) is 0 Å². The van der Waals surface area contributed by atoms with Crippen molar-refractivity contribution in [2.45, 2.75) is 17.3 Å². The van der Waals surface area contributed by atoms with E-state index in [1.54, 1.807) is 19.1 Å². The van der Waals surface area contributed by atoms with E-state index in [4.69, 9.17) is 0 Å². The van der Waals surface area contributed by atoms with Crippen molar-refractivity contribution in [3.05, 3.63) is 65.5 Å². The highest BCUT2D eigenvalue weighted by Crippen LogP contribution is 2.28. The van der Waals surface area contributed by atoms with E-state index >= 15 is 0 Å². The Morgan fingerprint density at radius 2 is 1.82 bits per heavy atom. The summed E-state index contributed by atoms with van der Waals surface area (Å²) in [5.74, 6) is -1.96. The largest absolute Gasteiger partial charge is 0.349 e. The lowest BCUT2D eigenvalue weighted by Gasteiger charge is -2.14. The molecule has 0 spiro atoms. The van der Waals surface area contributed by atoms with Crippen LogP contribution in [0.4, 0.5) is 24.0 Å². The highest BCUT2D eigenvalue weighted by Gasteiger charge is 2.15. The number of halogens is 3. The summed E-state index contributed by atoms with van der Waals surface area (Å²) in [5.41, 5.74) is 0.878. The van der Waals surface area contributed by atoms with Gasteiger partial charge < -0.3 is 10.6 Å². The second kappa shape index (κ2) is 9.07. The fraction of sp³-hybridized carbons (Fsp3) is 0.167. The van der Waals surface area contributed by atoms with Gasteiger partial charge in [0.05, 0.1) is 11.8 Å². The molecule has 10 heteroatoms. The van der Waals surface area contributed by atoms with Crippen LogP contribution in [-0.4, -0.2) is 21.9 Å². The minimum atomic E-state index is -0.707. The standard InChI is InChI=1S/C18H15F3N4OS2/c1-10(14-7-4-12(20)8-15(14)21)22-16(26)9-27-18-25-24-17(28-18)23-13-5-2-11(19)3-6-13/h2-8,10H,9H2,1H3,(H,22,26)(H,23,24). The summed E-state index contributed by atoms with van der Waals surface area (Å²) in [6.45, 7) is 1.62. The highest BCUT2D eigenvalue weighted by atomic mass is 32.2. The van der Waals surface area contributed by atoms with Crippen molar-refractivity contribution in [3.8, 4) is 0 Å². The molecule has 3 aromatic rings. The fourth-order valence-corrected chi connectivity index (χ4v) is 3.90. The van der Waals surface area contributed by atoms with Crippen LogP contribution in [0.2, 0.25) is 0 Å². The molecular formula is C18H15F3N4OS2. The average molecular weight is 424 g/mol. The Kier molecular flexibility index (Phi) is 6.53. The summed E-state index contributed by atoms with van der Waals surface area (Å²) in [5, 5.41) is 14.1. The smallest absolute Gasteiger partial charge is 0.230 e. The van der Waals surface area contributed by atoms with Gasteiger partial charge in [-0.1, -0.05) is 29.2 Å². The van der Waals surface area contributed by atoms with E-state index in [0.29, 0.717) is 15.2 Å². The number of benzene rings is 2. The third kappa shape index (κ3) is 5.46. The van der Waals surface area contributed by atoms with Gasteiger partial charge in [-0.15, -0.1) is 10.2 Å². The quantitative estimate of drug-likeness (QED) is 0.540. The Morgan fingerprint density at radius 1 is 1.11 bits per heavy atom. The SMILES string of the molecule is CC(NC(=O)CSc1nnc(Nc2ccc(F)cc2)s1)c1ccc(F)cc1F. The number of carbonyl (C=O) groups is 1. The summed E-state index contributed by atoms with van der Waals surface area (Å²) in [6.07, 6.45) is 0. The summed E-state index contributed by atoms with van der Waals surface area (Å²) in [6, 6.07) is 8.44. The van der Waals surface area contributed by atoms with Crippen LogP contribution in [-0.2, 0) is 4.79 Å². The molecule has 1 amide bonds. The predicted octanol–water partition coefficient (Wildman–Crippen LogP) is 4.67. The molecule has 1 atom stereocenters. The van der Waals surface area contributed by atoms with Gasteiger partial charge in [-0.3, -0.25) is 4.79 Å². The van der Waals surface area contributed by atoms with Gasteiger partial charge in [0.25, 0.3) is 0 Å². The molecule has 1 heterocycles. The van der Waals surface area contributed by atoms with Crippen LogP contribution in [0.3, 0.4) is 0 Å². The number of carbonyl (C=O) groups excluding carboxylic acids is 1. The van der Waals surface area contributed by atoms with Gasteiger partial charge in [-0.05, 0) is 37.3 Å². The number of nitrogens with one attached hydrogen (secondary N) is 2. The topological polar surface area (TPSA) is 66.9 Å². The number of amides is 1. The summed E-state index contributed by atoms with van der Waals surface area (Å²) >= 11 is 2.43. The molecule has 0 bridgehead atoms. The van der Waals surface area contributed by atoms with E-state index < -0.39 is 17.7 Å². The van der Waals surface area contributed by atoms with Crippen LogP contribution in [0, 0.1) is 17.5 Å². The molecular weight excluding hydrogens is 409 g/mol. The van der Waals surface area contributed by atoms with E-state index in [0.717, 1.165) is 12.1 Å². The van der Waals surface area contributed by atoms with Gasteiger partial charge in [-0.25, -0.2) is 13.2 Å². The van der Waals surface area contributed by atoms with Crippen molar-refractivity contribution < 1.29 is 18.0 Å². The second-order valence-corrected chi connectivity index (χ2v) is 7.95. The zero-order valence-corrected chi connectivity index (χ0v) is 16.2. The van der Waals surface area contributed by atoms with Gasteiger partial charge in [0.1, 0.15) is 17.5 Å². The van der Waals surface area contributed by atoms with Crippen molar-refractivity contribution in [1.82, 2.24) is 15.5 Å². The highest BCUT2D eigenvalue weighted by molar-refractivity contribution is 8.01. The number of aromatic nitrogens is 2. The maximum Gasteiger partial charge on any atom is 0.230 e. The summed E-state index contributed by atoms with van der Waals surface area (Å²) in [7, 11) is 0. The number of hydrogen-bond donors (Lipinski definition) is 2. The molecule has 5 nitrogen and oxygen atoms in total. The maximum absolute atomic E-state index is 13.8. The van der Waals surface area contributed by atoms with E-state index in [2.05, 4.69) is 20.8 Å². The minimum absolute atomic E-state index is 0.0678. The van der Waals surface area contributed by atoms with Crippen molar-refractivity contribution in [3.63, 3.8) is 0 Å². The Hall–Kier alpha value is -2.59.